The summed E-state index contributed by atoms with van der Waals surface area (Å²) >= 11 is 5.94. The molecular weight excluding hydrogens is 294 g/mol. The minimum atomic E-state index is 0.0694. The van der Waals surface area contributed by atoms with Gasteiger partial charge in [-0.1, -0.05) is 41.9 Å². The molecule has 0 aliphatic carbocycles. The zero-order chi connectivity index (χ0) is 15.5. The molecule has 2 aromatic carbocycles. The zero-order valence-corrected chi connectivity index (χ0v) is 12.2. The lowest BCUT2D eigenvalue weighted by molar-refractivity contribution is 1.44. The third kappa shape index (κ3) is 2.46. The van der Waals surface area contributed by atoms with Gasteiger partial charge in [-0.05, 0) is 29.8 Å². The molecule has 0 spiro atoms. The van der Waals surface area contributed by atoms with E-state index in [2.05, 4.69) is 4.98 Å². The molecule has 0 amide bonds. The Kier molecular flexibility index (Phi) is 3.66. The molecule has 4 heteroatoms. The summed E-state index contributed by atoms with van der Waals surface area (Å²) in [5.41, 5.74) is 3.66. The standard InChI is InChI=1S/C18H10ClN3/c19-14-7-5-13(6-8-14)18-16(9-12(10-20)11-21)15-3-1-2-4-17(15)22-18/h1-9,22H. The predicted octanol–water partition coefficient (Wildman–Crippen LogP) is 4.92. The summed E-state index contributed by atoms with van der Waals surface area (Å²) < 4.78 is 0. The number of aromatic amines is 1. The molecule has 1 heterocycles. The van der Waals surface area contributed by atoms with E-state index in [1.807, 2.05) is 60.7 Å². The maximum atomic E-state index is 9.03. The average Bonchev–Trinajstić information content (AvgIpc) is 2.92. The van der Waals surface area contributed by atoms with Crippen LogP contribution in [0.5, 0.6) is 0 Å². The number of fused-ring (bicyclic) bond motifs is 1. The van der Waals surface area contributed by atoms with Gasteiger partial charge < -0.3 is 4.98 Å². The van der Waals surface area contributed by atoms with Gasteiger partial charge in [-0.3, -0.25) is 0 Å². The summed E-state index contributed by atoms with van der Waals surface area (Å²) in [7, 11) is 0. The highest BCUT2D eigenvalue weighted by Crippen LogP contribution is 2.32. The highest BCUT2D eigenvalue weighted by Gasteiger charge is 2.12. The summed E-state index contributed by atoms with van der Waals surface area (Å²) in [5, 5.41) is 19.7. The van der Waals surface area contributed by atoms with Crippen LogP contribution in [0.25, 0.3) is 28.2 Å². The van der Waals surface area contributed by atoms with E-state index in [1.165, 1.54) is 0 Å². The van der Waals surface area contributed by atoms with Crippen molar-refractivity contribution < 1.29 is 0 Å². The fraction of sp³-hybridized carbons (Fsp3) is 0. The normalized spacial score (nSPS) is 9.95. The Morgan fingerprint density at radius 3 is 2.36 bits per heavy atom. The number of nitriles is 2. The van der Waals surface area contributed by atoms with E-state index in [4.69, 9.17) is 22.1 Å². The SMILES string of the molecule is N#CC(C#N)=Cc1c(-c2ccc(Cl)cc2)[nH]c2ccccc12. The summed E-state index contributed by atoms with van der Waals surface area (Å²) in [6, 6.07) is 19.0. The number of aromatic nitrogens is 1. The number of nitrogens with one attached hydrogen (secondary N) is 1. The molecule has 22 heavy (non-hydrogen) atoms. The fourth-order valence-electron chi connectivity index (χ4n) is 2.39. The predicted molar refractivity (Wildman–Crippen MR) is 87.9 cm³/mol. The van der Waals surface area contributed by atoms with Crippen molar-refractivity contribution in [2.45, 2.75) is 0 Å². The third-order valence-electron chi connectivity index (χ3n) is 3.41. The van der Waals surface area contributed by atoms with Crippen molar-refractivity contribution in [3.05, 3.63) is 64.7 Å². The number of nitrogens with zero attached hydrogens (tertiary/aromatic N) is 2. The molecule has 0 radical (unpaired) electrons. The minimum Gasteiger partial charge on any atom is -0.354 e. The molecule has 0 saturated heterocycles. The number of H-pyrrole nitrogens is 1. The van der Waals surface area contributed by atoms with Gasteiger partial charge in [-0.2, -0.15) is 10.5 Å². The van der Waals surface area contributed by atoms with E-state index in [1.54, 1.807) is 6.08 Å². The molecule has 0 unspecified atom stereocenters. The van der Waals surface area contributed by atoms with Gasteiger partial charge >= 0.3 is 0 Å². The number of hydrogen-bond donors (Lipinski definition) is 1. The Hall–Kier alpha value is -3.01. The van der Waals surface area contributed by atoms with E-state index < -0.39 is 0 Å². The molecule has 3 rings (SSSR count). The summed E-state index contributed by atoms with van der Waals surface area (Å²) in [4.78, 5) is 3.35. The lowest BCUT2D eigenvalue weighted by Gasteiger charge is -2.01. The Morgan fingerprint density at radius 1 is 1.00 bits per heavy atom. The number of halogens is 1. The second-order valence-electron chi connectivity index (χ2n) is 4.75. The van der Waals surface area contributed by atoms with Crippen molar-refractivity contribution in [3.63, 3.8) is 0 Å². The van der Waals surface area contributed by atoms with Gasteiger partial charge in [0.05, 0.1) is 5.69 Å². The van der Waals surface area contributed by atoms with Gasteiger partial charge in [0.15, 0.2) is 0 Å². The van der Waals surface area contributed by atoms with E-state index in [9.17, 15) is 0 Å². The molecule has 1 N–H and O–H groups in total. The van der Waals surface area contributed by atoms with Crippen molar-refractivity contribution in [2.24, 2.45) is 0 Å². The lowest BCUT2D eigenvalue weighted by atomic mass is 10.0. The number of rotatable bonds is 2. The Labute approximate surface area is 132 Å². The minimum absolute atomic E-state index is 0.0694. The van der Waals surface area contributed by atoms with Gasteiger partial charge in [0.2, 0.25) is 0 Å². The van der Waals surface area contributed by atoms with Gasteiger partial charge in [0.25, 0.3) is 0 Å². The molecule has 3 nitrogen and oxygen atoms in total. The molecule has 0 saturated carbocycles. The van der Waals surface area contributed by atoms with E-state index in [-0.39, 0.29) is 5.57 Å². The topological polar surface area (TPSA) is 63.4 Å². The van der Waals surface area contributed by atoms with Crippen LogP contribution in [0.15, 0.2) is 54.1 Å². The Balaban J connectivity index is 2.30. The summed E-state index contributed by atoms with van der Waals surface area (Å²) in [5.74, 6) is 0. The van der Waals surface area contributed by atoms with Crippen LogP contribution in [-0.2, 0) is 0 Å². The average molecular weight is 304 g/mol. The number of allylic oxidation sites excluding steroid dienone is 1. The van der Waals surface area contributed by atoms with Crippen molar-refractivity contribution in [1.82, 2.24) is 4.98 Å². The molecule has 104 valence electrons. The maximum Gasteiger partial charge on any atom is 0.130 e. The van der Waals surface area contributed by atoms with Crippen molar-refractivity contribution in [2.75, 3.05) is 0 Å². The van der Waals surface area contributed by atoms with Gasteiger partial charge in [-0.25, -0.2) is 0 Å². The fourth-order valence-corrected chi connectivity index (χ4v) is 2.52. The van der Waals surface area contributed by atoms with Crippen LogP contribution in [0.4, 0.5) is 0 Å². The second-order valence-corrected chi connectivity index (χ2v) is 5.18. The largest absolute Gasteiger partial charge is 0.354 e. The molecule has 0 aliphatic rings. The zero-order valence-electron chi connectivity index (χ0n) is 11.5. The molecule has 1 aromatic heterocycles. The van der Waals surface area contributed by atoms with E-state index in [0.29, 0.717) is 5.02 Å². The van der Waals surface area contributed by atoms with Gasteiger partial charge in [0.1, 0.15) is 17.7 Å². The highest BCUT2D eigenvalue weighted by molar-refractivity contribution is 6.30. The summed E-state index contributed by atoms with van der Waals surface area (Å²) in [6.45, 7) is 0. The van der Waals surface area contributed by atoms with Crippen LogP contribution in [0.3, 0.4) is 0 Å². The molecule has 0 atom stereocenters. The monoisotopic (exact) mass is 303 g/mol. The van der Waals surface area contributed by atoms with Crippen molar-refractivity contribution in [3.8, 4) is 23.4 Å². The van der Waals surface area contributed by atoms with Crippen LogP contribution in [-0.4, -0.2) is 4.98 Å². The smallest absolute Gasteiger partial charge is 0.130 e. The van der Waals surface area contributed by atoms with Crippen molar-refractivity contribution >= 4 is 28.6 Å². The van der Waals surface area contributed by atoms with Gasteiger partial charge in [0, 0.05) is 21.5 Å². The Bertz CT molecular complexity index is 935. The first kappa shape index (κ1) is 13.9. The lowest BCUT2D eigenvalue weighted by Crippen LogP contribution is -1.82. The molecule has 0 fully saturated rings. The Morgan fingerprint density at radius 2 is 1.68 bits per heavy atom. The maximum absolute atomic E-state index is 9.03. The molecular formula is C18H10ClN3. The van der Waals surface area contributed by atoms with Crippen LogP contribution < -0.4 is 0 Å². The molecule has 0 bridgehead atoms. The number of para-hydroxylation sites is 1. The molecule has 0 aliphatic heterocycles. The third-order valence-corrected chi connectivity index (χ3v) is 3.66. The first-order valence-electron chi connectivity index (χ1n) is 6.61. The summed E-state index contributed by atoms with van der Waals surface area (Å²) in [6.07, 6.45) is 1.61. The quantitative estimate of drug-likeness (QED) is 0.683. The van der Waals surface area contributed by atoms with Gasteiger partial charge in [-0.15, -0.1) is 0 Å². The van der Waals surface area contributed by atoms with E-state index >= 15 is 0 Å². The molecule has 3 aromatic rings. The first-order chi connectivity index (χ1) is 10.7. The first-order valence-corrected chi connectivity index (χ1v) is 6.99. The van der Waals surface area contributed by atoms with Crippen LogP contribution in [0.2, 0.25) is 5.02 Å². The number of hydrogen-bond acceptors (Lipinski definition) is 2. The van der Waals surface area contributed by atoms with Crippen LogP contribution in [0.1, 0.15) is 5.56 Å². The van der Waals surface area contributed by atoms with Crippen molar-refractivity contribution in [1.29, 1.82) is 10.5 Å². The van der Waals surface area contributed by atoms with E-state index in [0.717, 1.165) is 27.7 Å². The second kappa shape index (κ2) is 5.77. The van der Waals surface area contributed by atoms with Crippen LogP contribution in [0, 0.1) is 22.7 Å². The highest BCUT2D eigenvalue weighted by atomic mass is 35.5. The number of benzene rings is 2. The van der Waals surface area contributed by atoms with Crippen LogP contribution >= 0.6 is 11.6 Å².